The minimum absolute atomic E-state index is 0.116. The molecule has 0 saturated carbocycles. The van der Waals surface area contributed by atoms with Gasteiger partial charge in [-0.05, 0) is 42.8 Å². The van der Waals surface area contributed by atoms with E-state index < -0.39 is 0 Å². The van der Waals surface area contributed by atoms with Gasteiger partial charge in [-0.25, -0.2) is 9.97 Å². The van der Waals surface area contributed by atoms with Crippen LogP contribution in [0.2, 0.25) is 0 Å². The second-order valence-corrected chi connectivity index (χ2v) is 8.65. The molecule has 0 N–H and O–H groups in total. The molecular weight excluding hydrogens is 382 g/mol. The van der Waals surface area contributed by atoms with Crippen LogP contribution in [0.15, 0.2) is 42.0 Å². The summed E-state index contributed by atoms with van der Waals surface area (Å²) in [5.74, 6) is 1.23. The number of nitrogens with zero attached hydrogens (tertiary/aromatic N) is 5. The lowest BCUT2D eigenvalue weighted by molar-refractivity contribution is -0.123. The van der Waals surface area contributed by atoms with Crippen LogP contribution in [0.5, 0.6) is 0 Å². The first-order valence-corrected chi connectivity index (χ1v) is 11.2. The number of carbonyl (C=O) groups excluding carboxylic acids is 1. The molecular formula is C22H25N5OS. The zero-order chi connectivity index (χ0) is 19.8. The van der Waals surface area contributed by atoms with E-state index in [0.29, 0.717) is 0 Å². The Kier molecular flexibility index (Phi) is 4.93. The number of hydrogen-bond acceptors (Lipinski definition) is 6. The SMILES string of the molecule is CC(C(=O)N1CCCc2ccccc21)N1CCN(c2ncnc3sccc23)CC1. The molecule has 2 aromatic heterocycles. The quantitative estimate of drug-likeness (QED) is 0.668. The standard InChI is InChI=1S/C22H25N5OS/c1-16(22(28)27-9-4-6-17-5-2-3-7-19(17)27)25-10-12-26(13-11-25)20-18-8-14-29-21(18)24-15-23-20/h2-3,5,7-8,14-16H,4,6,9-13H2,1H3. The lowest BCUT2D eigenvalue weighted by Gasteiger charge is -2.40. The second-order valence-electron chi connectivity index (χ2n) is 7.76. The van der Waals surface area contributed by atoms with Crippen LogP contribution in [0.4, 0.5) is 11.5 Å². The number of para-hydroxylation sites is 1. The molecule has 1 atom stereocenters. The largest absolute Gasteiger partial charge is 0.353 e. The Balaban J connectivity index is 1.28. The Labute approximate surface area is 174 Å². The van der Waals surface area contributed by atoms with Crippen LogP contribution in [0, 0.1) is 0 Å². The summed E-state index contributed by atoms with van der Waals surface area (Å²) in [6.45, 7) is 6.33. The third kappa shape index (κ3) is 3.38. The lowest BCUT2D eigenvalue weighted by Crippen LogP contribution is -2.55. The zero-order valence-corrected chi connectivity index (χ0v) is 17.4. The summed E-state index contributed by atoms with van der Waals surface area (Å²) in [7, 11) is 0. The first-order chi connectivity index (χ1) is 14.2. The monoisotopic (exact) mass is 407 g/mol. The average Bonchev–Trinajstić information content (AvgIpc) is 3.27. The average molecular weight is 408 g/mol. The molecule has 6 nitrogen and oxygen atoms in total. The van der Waals surface area contributed by atoms with Crippen molar-refractivity contribution in [2.45, 2.75) is 25.8 Å². The highest BCUT2D eigenvalue weighted by molar-refractivity contribution is 7.16. The Bertz CT molecular complexity index is 1030. The molecule has 5 rings (SSSR count). The number of thiophene rings is 1. The Hall–Kier alpha value is -2.51. The van der Waals surface area contributed by atoms with Gasteiger partial charge in [0.2, 0.25) is 5.91 Å². The van der Waals surface area contributed by atoms with Crippen LogP contribution in [-0.2, 0) is 11.2 Å². The number of fused-ring (bicyclic) bond motifs is 2. The van der Waals surface area contributed by atoms with Gasteiger partial charge in [0.1, 0.15) is 17.0 Å². The summed E-state index contributed by atoms with van der Waals surface area (Å²) in [6.07, 6.45) is 3.75. The van der Waals surface area contributed by atoms with Gasteiger partial charge in [-0.3, -0.25) is 9.69 Å². The molecule has 1 aromatic carbocycles. The number of anilines is 2. The Morgan fingerprint density at radius 3 is 2.76 bits per heavy atom. The maximum atomic E-state index is 13.3. The number of amides is 1. The van der Waals surface area contributed by atoms with E-state index in [-0.39, 0.29) is 11.9 Å². The van der Waals surface area contributed by atoms with Crippen molar-refractivity contribution in [3.63, 3.8) is 0 Å². The number of aryl methyl sites for hydroxylation is 1. The molecule has 0 bridgehead atoms. The summed E-state index contributed by atoms with van der Waals surface area (Å²) in [4.78, 5) is 29.8. The second kappa shape index (κ2) is 7.72. The highest BCUT2D eigenvalue weighted by atomic mass is 32.1. The smallest absolute Gasteiger partial charge is 0.244 e. The van der Waals surface area contributed by atoms with E-state index in [9.17, 15) is 4.79 Å². The van der Waals surface area contributed by atoms with Crippen LogP contribution < -0.4 is 9.80 Å². The van der Waals surface area contributed by atoms with E-state index in [4.69, 9.17) is 0 Å². The molecule has 0 radical (unpaired) electrons. The first kappa shape index (κ1) is 18.5. The Morgan fingerprint density at radius 1 is 1.07 bits per heavy atom. The van der Waals surface area contributed by atoms with Gasteiger partial charge in [-0.15, -0.1) is 11.3 Å². The van der Waals surface area contributed by atoms with Crippen LogP contribution in [0.1, 0.15) is 18.9 Å². The molecule has 4 heterocycles. The number of carbonyl (C=O) groups is 1. The minimum Gasteiger partial charge on any atom is -0.353 e. The zero-order valence-electron chi connectivity index (χ0n) is 16.6. The molecule has 0 aliphatic carbocycles. The number of rotatable bonds is 3. The summed E-state index contributed by atoms with van der Waals surface area (Å²) >= 11 is 1.65. The summed E-state index contributed by atoms with van der Waals surface area (Å²) < 4.78 is 0. The van der Waals surface area contributed by atoms with Gasteiger partial charge in [-0.2, -0.15) is 0 Å². The summed E-state index contributed by atoms with van der Waals surface area (Å²) in [5, 5.41) is 3.19. The number of piperazine rings is 1. The van der Waals surface area contributed by atoms with Crippen LogP contribution in [0.25, 0.3) is 10.2 Å². The number of hydrogen-bond donors (Lipinski definition) is 0. The van der Waals surface area contributed by atoms with E-state index >= 15 is 0 Å². The van der Waals surface area contributed by atoms with Crippen LogP contribution >= 0.6 is 11.3 Å². The normalized spacial score (nSPS) is 18.7. The molecule has 1 fully saturated rings. The van der Waals surface area contributed by atoms with Crippen LogP contribution in [-0.4, -0.2) is 59.5 Å². The molecule has 3 aromatic rings. The van der Waals surface area contributed by atoms with E-state index in [0.717, 1.165) is 67.3 Å². The van der Waals surface area contributed by atoms with Gasteiger partial charge in [0.05, 0.1) is 11.4 Å². The molecule has 1 saturated heterocycles. The molecule has 7 heteroatoms. The van der Waals surface area contributed by atoms with Gasteiger partial charge >= 0.3 is 0 Å². The van der Waals surface area contributed by atoms with Gasteiger partial charge < -0.3 is 9.80 Å². The maximum Gasteiger partial charge on any atom is 0.244 e. The molecule has 1 amide bonds. The van der Waals surface area contributed by atoms with Crippen molar-refractivity contribution in [2.75, 3.05) is 42.5 Å². The molecule has 0 spiro atoms. The number of benzene rings is 1. The third-order valence-corrected chi connectivity index (χ3v) is 6.96. The van der Waals surface area contributed by atoms with Gasteiger partial charge in [0.15, 0.2) is 0 Å². The fourth-order valence-electron chi connectivity index (χ4n) is 4.49. The highest BCUT2D eigenvalue weighted by Crippen LogP contribution is 2.29. The number of aromatic nitrogens is 2. The van der Waals surface area contributed by atoms with E-state index in [1.54, 1.807) is 17.7 Å². The third-order valence-electron chi connectivity index (χ3n) is 6.14. The van der Waals surface area contributed by atoms with E-state index in [1.807, 2.05) is 11.0 Å². The molecule has 2 aliphatic heterocycles. The van der Waals surface area contributed by atoms with Crippen molar-refractivity contribution in [1.29, 1.82) is 0 Å². The molecule has 1 unspecified atom stereocenters. The molecule has 150 valence electrons. The highest BCUT2D eigenvalue weighted by Gasteiger charge is 2.31. The minimum atomic E-state index is -0.116. The first-order valence-electron chi connectivity index (χ1n) is 10.3. The van der Waals surface area contributed by atoms with Crippen molar-refractivity contribution >= 4 is 39.0 Å². The van der Waals surface area contributed by atoms with Crippen molar-refractivity contribution in [3.05, 3.63) is 47.6 Å². The van der Waals surface area contributed by atoms with Gasteiger partial charge in [0.25, 0.3) is 0 Å². The van der Waals surface area contributed by atoms with Crippen molar-refractivity contribution in [2.24, 2.45) is 0 Å². The van der Waals surface area contributed by atoms with Crippen molar-refractivity contribution in [3.8, 4) is 0 Å². The van der Waals surface area contributed by atoms with Crippen molar-refractivity contribution < 1.29 is 4.79 Å². The van der Waals surface area contributed by atoms with Gasteiger partial charge in [-0.1, -0.05) is 18.2 Å². The van der Waals surface area contributed by atoms with Crippen molar-refractivity contribution in [1.82, 2.24) is 14.9 Å². The molecule has 2 aliphatic rings. The maximum absolute atomic E-state index is 13.3. The molecule has 29 heavy (non-hydrogen) atoms. The predicted octanol–water partition coefficient (Wildman–Crippen LogP) is 3.18. The predicted molar refractivity (Wildman–Crippen MR) is 118 cm³/mol. The fraction of sp³-hybridized carbons (Fsp3) is 0.409. The van der Waals surface area contributed by atoms with Crippen LogP contribution in [0.3, 0.4) is 0 Å². The van der Waals surface area contributed by atoms with E-state index in [1.165, 1.54) is 5.56 Å². The van der Waals surface area contributed by atoms with E-state index in [2.05, 4.69) is 56.3 Å². The fourth-order valence-corrected chi connectivity index (χ4v) is 5.22. The van der Waals surface area contributed by atoms with Gasteiger partial charge in [0, 0.05) is 38.4 Å². The topological polar surface area (TPSA) is 52.6 Å². The summed E-state index contributed by atoms with van der Waals surface area (Å²) in [6, 6.07) is 10.3. The Morgan fingerprint density at radius 2 is 1.90 bits per heavy atom. The lowest BCUT2D eigenvalue weighted by atomic mass is 10.0. The summed E-state index contributed by atoms with van der Waals surface area (Å²) in [5.41, 5.74) is 2.38.